The third-order valence-corrected chi connectivity index (χ3v) is 4.12. The van der Waals surface area contributed by atoms with E-state index in [2.05, 4.69) is 10.2 Å². The van der Waals surface area contributed by atoms with Crippen LogP contribution in [0.2, 0.25) is 0 Å². The fourth-order valence-electron chi connectivity index (χ4n) is 2.84. The standard InChI is InChI=1S/C15H21N3O2/c1-20-15(19)10-2-5-14(13(16)8-10)17-11-6-7-18(9-11)12-3-4-12/h2,5,8,11-12,17H,3-4,6-7,9,16H2,1H3. The Hall–Kier alpha value is -1.75. The maximum absolute atomic E-state index is 11.4. The molecule has 1 atom stereocenters. The van der Waals surface area contributed by atoms with Crippen molar-refractivity contribution in [1.82, 2.24) is 4.90 Å². The Labute approximate surface area is 119 Å². The number of hydrogen-bond donors (Lipinski definition) is 2. The number of nitrogens with zero attached hydrogens (tertiary/aromatic N) is 1. The Morgan fingerprint density at radius 1 is 1.40 bits per heavy atom. The number of likely N-dealkylation sites (tertiary alicyclic amines) is 1. The van der Waals surface area contributed by atoms with E-state index >= 15 is 0 Å². The highest BCUT2D eigenvalue weighted by Crippen LogP contribution is 2.31. The van der Waals surface area contributed by atoms with Gasteiger partial charge in [0.05, 0.1) is 24.0 Å². The summed E-state index contributed by atoms with van der Waals surface area (Å²) in [6.07, 6.45) is 3.85. The second kappa shape index (κ2) is 5.32. The molecule has 0 amide bonds. The Balaban J connectivity index is 1.64. The Morgan fingerprint density at radius 3 is 2.85 bits per heavy atom. The lowest BCUT2D eigenvalue weighted by atomic mass is 10.1. The fourth-order valence-corrected chi connectivity index (χ4v) is 2.84. The number of rotatable bonds is 4. The van der Waals surface area contributed by atoms with Gasteiger partial charge in [0.25, 0.3) is 0 Å². The number of nitrogen functional groups attached to an aromatic ring is 1. The van der Waals surface area contributed by atoms with E-state index in [0.717, 1.165) is 24.7 Å². The molecular weight excluding hydrogens is 254 g/mol. The van der Waals surface area contributed by atoms with Crippen molar-refractivity contribution in [2.75, 3.05) is 31.2 Å². The van der Waals surface area contributed by atoms with Crippen LogP contribution in [0.15, 0.2) is 18.2 Å². The molecule has 0 spiro atoms. The molecule has 0 bridgehead atoms. The quantitative estimate of drug-likeness (QED) is 0.646. The van der Waals surface area contributed by atoms with Crippen LogP contribution in [0.3, 0.4) is 0 Å². The molecule has 2 fully saturated rings. The van der Waals surface area contributed by atoms with E-state index in [9.17, 15) is 4.79 Å². The van der Waals surface area contributed by atoms with Crippen molar-refractivity contribution in [1.29, 1.82) is 0 Å². The van der Waals surface area contributed by atoms with E-state index in [0.29, 0.717) is 17.3 Å². The van der Waals surface area contributed by atoms with Gasteiger partial charge < -0.3 is 15.8 Å². The predicted molar refractivity (Wildman–Crippen MR) is 78.8 cm³/mol. The molecule has 1 saturated carbocycles. The van der Waals surface area contributed by atoms with E-state index in [4.69, 9.17) is 10.5 Å². The van der Waals surface area contributed by atoms with E-state index in [1.807, 2.05) is 6.07 Å². The molecule has 20 heavy (non-hydrogen) atoms. The van der Waals surface area contributed by atoms with Gasteiger partial charge >= 0.3 is 5.97 Å². The summed E-state index contributed by atoms with van der Waals surface area (Å²) in [5, 5.41) is 3.49. The first-order chi connectivity index (χ1) is 9.67. The van der Waals surface area contributed by atoms with E-state index in [1.165, 1.54) is 26.5 Å². The predicted octanol–water partition coefficient (Wildman–Crippen LogP) is 1.70. The van der Waals surface area contributed by atoms with Crippen LogP contribution < -0.4 is 11.1 Å². The van der Waals surface area contributed by atoms with Crippen LogP contribution >= 0.6 is 0 Å². The summed E-state index contributed by atoms with van der Waals surface area (Å²) in [7, 11) is 1.37. The topological polar surface area (TPSA) is 67.6 Å². The first kappa shape index (κ1) is 13.2. The Bertz CT molecular complexity index is 514. The number of ether oxygens (including phenoxy) is 1. The van der Waals surface area contributed by atoms with Crippen molar-refractivity contribution in [2.45, 2.75) is 31.3 Å². The van der Waals surface area contributed by atoms with Gasteiger partial charge in [0.1, 0.15) is 0 Å². The molecule has 1 unspecified atom stereocenters. The monoisotopic (exact) mass is 275 g/mol. The molecule has 2 aliphatic rings. The van der Waals surface area contributed by atoms with Crippen molar-refractivity contribution in [2.24, 2.45) is 0 Å². The van der Waals surface area contributed by atoms with Crippen LogP contribution in [-0.2, 0) is 4.74 Å². The number of esters is 1. The molecule has 3 rings (SSSR count). The summed E-state index contributed by atoms with van der Waals surface area (Å²) in [4.78, 5) is 14.0. The lowest BCUT2D eigenvalue weighted by molar-refractivity contribution is 0.0601. The van der Waals surface area contributed by atoms with Gasteiger partial charge in [-0.2, -0.15) is 0 Å². The molecular formula is C15H21N3O2. The van der Waals surface area contributed by atoms with Crippen molar-refractivity contribution in [3.63, 3.8) is 0 Å². The number of carbonyl (C=O) groups is 1. The maximum Gasteiger partial charge on any atom is 0.337 e. The number of benzene rings is 1. The molecule has 5 heteroatoms. The number of nitrogens with two attached hydrogens (primary N) is 1. The highest BCUT2D eigenvalue weighted by Gasteiger charge is 2.34. The Morgan fingerprint density at radius 2 is 2.20 bits per heavy atom. The summed E-state index contributed by atoms with van der Waals surface area (Å²) in [5.74, 6) is -0.357. The van der Waals surface area contributed by atoms with E-state index in [1.54, 1.807) is 12.1 Å². The second-order valence-corrected chi connectivity index (χ2v) is 5.65. The number of nitrogens with one attached hydrogen (secondary N) is 1. The van der Waals surface area contributed by atoms with Crippen LogP contribution in [0.4, 0.5) is 11.4 Å². The summed E-state index contributed by atoms with van der Waals surface area (Å²) in [5.41, 5.74) is 8.00. The molecule has 1 heterocycles. The van der Waals surface area contributed by atoms with Crippen LogP contribution in [0.25, 0.3) is 0 Å². The average Bonchev–Trinajstić information content (AvgIpc) is 3.20. The fraction of sp³-hybridized carbons (Fsp3) is 0.533. The van der Waals surface area contributed by atoms with Gasteiger partial charge in [-0.05, 0) is 37.5 Å². The molecule has 1 aromatic rings. The van der Waals surface area contributed by atoms with Crippen LogP contribution in [-0.4, -0.2) is 43.2 Å². The summed E-state index contributed by atoms with van der Waals surface area (Å²) >= 11 is 0. The molecule has 3 N–H and O–H groups in total. The molecule has 1 aromatic carbocycles. The molecule has 108 valence electrons. The molecule has 1 aliphatic heterocycles. The highest BCUT2D eigenvalue weighted by atomic mass is 16.5. The van der Waals surface area contributed by atoms with E-state index in [-0.39, 0.29) is 5.97 Å². The Kier molecular flexibility index (Phi) is 3.53. The van der Waals surface area contributed by atoms with Gasteiger partial charge in [0.15, 0.2) is 0 Å². The SMILES string of the molecule is COC(=O)c1ccc(NC2CCN(C3CC3)C2)c(N)c1. The lowest BCUT2D eigenvalue weighted by Gasteiger charge is -2.18. The third kappa shape index (κ3) is 2.72. The summed E-state index contributed by atoms with van der Waals surface area (Å²) < 4.78 is 4.69. The van der Waals surface area contributed by atoms with Crippen molar-refractivity contribution in [3.8, 4) is 0 Å². The minimum absolute atomic E-state index is 0.357. The third-order valence-electron chi connectivity index (χ3n) is 4.12. The van der Waals surface area contributed by atoms with Crippen molar-refractivity contribution < 1.29 is 9.53 Å². The molecule has 5 nitrogen and oxygen atoms in total. The van der Waals surface area contributed by atoms with Gasteiger partial charge in [0, 0.05) is 25.2 Å². The van der Waals surface area contributed by atoms with Crippen LogP contribution in [0, 0.1) is 0 Å². The van der Waals surface area contributed by atoms with Gasteiger partial charge in [-0.25, -0.2) is 4.79 Å². The van der Waals surface area contributed by atoms with Crippen LogP contribution in [0.5, 0.6) is 0 Å². The summed E-state index contributed by atoms with van der Waals surface area (Å²) in [6.45, 7) is 2.26. The largest absolute Gasteiger partial charge is 0.465 e. The van der Waals surface area contributed by atoms with Gasteiger partial charge in [-0.1, -0.05) is 0 Å². The molecule has 1 aliphatic carbocycles. The van der Waals surface area contributed by atoms with Gasteiger partial charge in [-0.3, -0.25) is 4.90 Å². The number of hydrogen-bond acceptors (Lipinski definition) is 5. The first-order valence-electron chi connectivity index (χ1n) is 7.16. The second-order valence-electron chi connectivity index (χ2n) is 5.65. The zero-order chi connectivity index (χ0) is 14.1. The minimum Gasteiger partial charge on any atom is -0.465 e. The average molecular weight is 275 g/mol. The molecule has 0 aromatic heterocycles. The molecule has 0 radical (unpaired) electrons. The minimum atomic E-state index is -0.357. The zero-order valence-corrected chi connectivity index (χ0v) is 11.8. The lowest BCUT2D eigenvalue weighted by Crippen LogP contribution is -2.28. The number of carbonyl (C=O) groups excluding carboxylic acids is 1. The molecule has 1 saturated heterocycles. The van der Waals surface area contributed by atoms with Crippen molar-refractivity contribution >= 4 is 17.3 Å². The van der Waals surface area contributed by atoms with Crippen LogP contribution in [0.1, 0.15) is 29.6 Å². The number of methoxy groups -OCH3 is 1. The van der Waals surface area contributed by atoms with Gasteiger partial charge in [-0.15, -0.1) is 0 Å². The first-order valence-corrected chi connectivity index (χ1v) is 7.16. The van der Waals surface area contributed by atoms with Crippen molar-refractivity contribution in [3.05, 3.63) is 23.8 Å². The highest BCUT2D eigenvalue weighted by molar-refractivity contribution is 5.91. The van der Waals surface area contributed by atoms with Gasteiger partial charge in [0.2, 0.25) is 0 Å². The zero-order valence-electron chi connectivity index (χ0n) is 11.8. The summed E-state index contributed by atoms with van der Waals surface area (Å²) in [6, 6.07) is 6.55. The maximum atomic E-state index is 11.4. The normalized spacial score (nSPS) is 22.8. The van der Waals surface area contributed by atoms with E-state index < -0.39 is 0 Å². The number of anilines is 2. The smallest absolute Gasteiger partial charge is 0.337 e.